The van der Waals surface area contributed by atoms with Gasteiger partial charge < -0.3 is 70.0 Å². The lowest BCUT2D eigenvalue weighted by Crippen LogP contribution is -2.66. The molecule has 0 bridgehead atoms. The SMILES string of the molecule is CC(=O)O[C@H](C)CC(=O)NC1C(OCC2OC(O)C(NC(=O)C[C@@H](C)O)C(O)C2O)OC(CO)C(OP(=O)(O)O)C1O. The summed E-state index contributed by atoms with van der Waals surface area (Å²) in [6, 6.07) is -3.10. The van der Waals surface area contributed by atoms with Crippen LogP contribution in [0.15, 0.2) is 0 Å². The Kier molecular flexibility index (Phi) is 13.6. The third-order valence-corrected chi connectivity index (χ3v) is 6.75. The van der Waals surface area contributed by atoms with Crippen molar-refractivity contribution in [3.63, 3.8) is 0 Å². The van der Waals surface area contributed by atoms with Gasteiger partial charge in [0, 0.05) is 6.92 Å². The van der Waals surface area contributed by atoms with Gasteiger partial charge in [0.1, 0.15) is 54.8 Å². The Hall–Kier alpha value is -1.84. The predicted molar refractivity (Wildman–Crippen MR) is 134 cm³/mol. The number of carbonyl (C=O) groups excluding carboxylic acids is 3. The van der Waals surface area contributed by atoms with Gasteiger partial charge in [0.05, 0.1) is 32.2 Å². The van der Waals surface area contributed by atoms with Crippen molar-refractivity contribution < 1.29 is 82.8 Å². The first-order valence-electron chi connectivity index (χ1n) is 12.9. The highest BCUT2D eigenvalue weighted by molar-refractivity contribution is 7.46. The standard InChI is InChI=1S/C22H39N2O17P/c1-8(26)4-13(28)23-15-18(31)17(30)12(39-21(15)33)7-37-22-16(24-14(29)5-9(2)38-10(3)27)19(32)20(11(6-25)40-22)41-42(34,35)36/h8-9,11-12,15-22,25-26,30-33H,4-7H2,1-3H3,(H,23,28)(H,24,29)(H2,34,35,36)/t8-,9-,11?,12?,15?,16?,17?,18?,19?,20?,21?,22?/m1/s1. The fraction of sp³-hybridized carbons (Fsp3) is 0.864. The number of amides is 2. The second-order valence-electron chi connectivity index (χ2n) is 10.0. The lowest BCUT2D eigenvalue weighted by atomic mass is 9.96. The summed E-state index contributed by atoms with van der Waals surface area (Å²) in [7, 11) is -5.24. The molecule has 20 heteroatoms. The molecule has 19 nitrogen and oxygen atoms in total. The van der Waals surface area contributed by atoms with Gasteiger partial charge in [-0.05, 0) is 13.8 Å². The van der Waals surface area contributed by atoms with Crippen LogP contribution in [0, 0.1) is 0 Å². The lowest BCUT2D eigenvalue weighted by Gasteiger charge is -2.45. The fourth-order valence-corrected chi connectivity index (χ4v) is 5.00. The molecule has 2 rings (SSSR count). The molecule has 2 fully saturated rings. The summed E-state index contributed by atoms with van der Waals surface area (Å²) in [6.45, 7) is 2.26. The van der Waals surface area contributed by atoms with Gasteiger partial charge in [-0.3, -0.25) is 18.9 Å². The molecule has 0 saturated carbocycles. The van der Waals surface area contributed by atoms with E-state index in [-0.39, 0.29) is 6.42 Å². The second-order valence-corrected chi connectivity index (χ2v) is 11.2. The predicted octanol–water partition coefficient (Wildman–Crippen LogP) is -4.92. The van der Waals surface area contributed by atoms with Crippen molar-refractivity contribution in [3.8, 4) is 0 Å². The zero-order valence-corrected chi connectivity index (χ0v) is 23.9. The third-order valence-electron chi connectivity index (χ3n) is 6.23. The molecule has 2 aliphatic rings. The summed E-state index contributed by atoms with van der Waals surface area (Å²) in [5.74, 6) is -2.23. The molecule has 12 atom stereocenters. The summed E-state index contributed by atoms with van der Waals surface area (Å²) >= 11 is 0. The highest BCUT2D eigenvalue weighted by Gasteiger charge is 2.50. The number of aliphatic hydroxyl groups is 6. The zero-order valence-electron chi connectivity index (χ0n) is 23.0. The summed E-state index contributed by atoms with van der Waals surface area (Å²) in [5.41, 5.74) is 0. The molecule has 10 N–H and O–H groups in total. The topological polar surface area (TPSA) is 300 Å². The van der Waals surface area contributed by atoms with Crippen LogP contribution >= 0.6 is 7.82 Å². The molecule has 2 heterocycles. The molecular formula is C22H39N2O17P. The number of phosphoric ester groups is 1. The lowest BCUT2D eigenvalue weighted by molar-refractivity contribution is -0.296. The van der Waals surface area contributed by atoms with Crippen LogP contribution in [0.25, 0.3) is 0 Å². The molecule has 42 heavy (non-hydrogen) atoms. The Labute approximate surface area is 239 Å². The Morgan fingerprint density at radius 3 is 2.05 bits per heavy atom. The highest BCUT2D eigenvalue weighted by atomic mass is 31.2. The van der Waals surface area contributed by atoms with Crippen molar-refractivity contribution >= 4 is 25.6 Å². The first-order valence-corrected chi connectivity index (χ1v) is 14.4. The summed E-state index contributed by atoms with van der Waals surface area (Å²) in [4.78, 5) is 54.2. The Bertz CT molecular complexity index is 965. The van der Waals surface area contributed by atoms with Gasteiger partial charge in [0.25, 0.3) is 0 Å². The quantitative estimate of drug-likeness (QED) is 0.0670. The van der Waals surface area contributed by atoms with Gasteiger partial charge in [-0.15, -0.1) is 0 Å². The van der Waals surface area contributed by atoms with Crippen LogP contribution in [0.1, 0.15) is 33.6 Å². The second kappa shape index (κ2) is 15.8. The minimum absolute atomic E-state index is 0.356. The fourth-order valence-electron chi connectivity index (χ4n) is 4.43. The van der Waals surface area contributed by atoms with Crippen molar-refractivity contribution in [2.45, 2.75) is 107 Å². The normalized spacial score (nSPS) is 35.1. The molecule has 2 aliphatic heterocycles. The molecule has 0 aliphatic carbocycles. The van der Waals surface area contributed by atoms with Crippen LogP contribution in [0.5, 0.6) is 0 Å². The number of carbonyl (C=O) groups is 3. The van der Waals surface area contributed by atoms with E-state index in [9.17, 15) is 59.4 Å². The van der Waals surface area contributed by atoms with Crippen molar-refractivity contribution in [1.29, 1.82) is 0 Å². The van der Waals surface area contributed by atoms with Crippen LogP contribution in [0.4, 0.5) is 0 Å². The number of hydrogen-bond acceptors (Lipinski definition) is 15. The number of ether oxygens (including phenoxy) is 4. The van der Waals surface area contributed by atoms with E-state index in [2.05, 4.69) is 15.2 Å². The highest BCUT2D eigenvalue weighted by Crippen LogP contribution is 2.41. The number of esters is 1. The van der Waals surface area contributed by atoms with E-state index in [0.29, 0.717) is 0 Å². The van der Waals surface area contributed by atoms with Crippen LogP contribution in [-0.4, -0.2) is 145 Å². The van der Waals surface area contributed by atoms with E-state index in [1.807, 2.05) is 0 Å². The first-order chi connectivity index (χ1) is 19.4. The maximum atomic E-state index is 12.6. The van der Waals surface area contributed by atoms with E-state index in [1.165, 1.54) is 13.8 Å². The number of phosphoric acid groups is 1. The van der Waals surface area contributed by atoms with Gasteiger partial charge in [-0.1, -0.05) is 0 Å². The maximum Gasteiger partial charge on any atom is 0.470 e. The van der Waals surface area contributed by atoms with E-state index < -0.39 is 119 Å². The molecule has 10 unspecified atom stereocenters. The molecule has 0 aromatic heterocycles. The average Bonchev–Trinajstić information content (AvgIpc) is 2.84. The van der Waals surface area contributed by atoms with Gasteiger partial charge in [0.2, 0.25) is 11.8 Å². The number of nitrogens with one attached hydrogen (secondary N) is 2. The van der Waals surface area contributed by atoms with Gasteiger partial charge in [-0.25, -0.2) is 4.57 Å². The molecule has 2 amide bonds. The maximum absolute atomic E-state index is 12.6. The van der Waals surface area contributed by atoms with Crippen LogP contribution in [-0.2, 0) is 42.4 Å². The summed E-state index contributed by atoms with van der Waals surface area (Å²) in [5, 5.41) is 65.8. The van der Waals surface area contributed by atoms with E-state index in [4.69, 9.17) is 18.9 Å². The van der Waals surface area contributed by atoms with Crippen LogP contribution in [0.2, 0.25) is 0 Å². The van der Waals surface area contributed by atoms with E-state index in [0.717, 1.165) is 6.92 Å². The number of aliphatic hydroxyl groups excluding tert-OH is 6. The first kappa shape index (κ1) is 36.4. The van der Waals surface area contributed by atoms with Gasteiger partial charge in [0.15, 0.2) is 12.6 Å². The Balaban J connectivity index is 2.18. The smallest absolute Gasteiger partial charge is 0.462 e. The van der Waals surface area contributed by atoms with Crippen LogP contribution < -0.4 is 10.6 Å². The molecule has 0 aromatic rings. The monoisotopic (exact) mass is 634 g/mol. The zero-order chi connectivity index (χ0) is 31.9. The van der Waals surface area contributed by atoms with Crippen molar-refractivity contribution in [2.24, 2.45) is 0 Å². The molecule has 0 spiro atoms. The largest absolute Gasteiger partial charge is 0.470 e. The molecule has 244 valence electrons. The third kappa shape index (κ3) is 10.7. The Morgan fingerprint density at radius 1 is 0.905 bits per heavy atom. The molecule has 0 radical (unpaired) electrons. The molecular weight excluding hydrogens is 595 g/mol. The van der Waals surface area contributed by atoms with Crippen molar-refractivity contribution in [1.82, 2.24) is 10.6 Å². The Morgan fingerprint density at radius 2 is 1.50 bits per heavy atom. The molecule has 2 saturated heterocycles. The van der Waals surface area contributed by atoms with Crippen molar-refractivity contribution in [2.75, 3.05) is 13.2 Å². The van der Waals surface area contributed by atoms with Gasteiger partial charge >= 0.3 is 13.8 Å². The van der Waals surface area contributed by atoms with Crippen LogP contribution in [0.3, 0.4) is 0 Å². The summed E-state index contributed by atoms with van der Waals surface area (Å²) in [6.07, 6.45) is -16.6. The number of rotatable bonds is 13. The minimum Gasteiger partial charge on any atom is -0.462 e. The minimum atomic E-state index is -5.24. The molecule has 0 aromatic carbocycles. The average molecular weight is 635 g/mol. The number of hydrogen-bond donors (Lipinski definition) is 10. The van der Waals surface area contributed by atoms with E-state index in [1.54, 1.807) is 0 Å². The van der Waals surface area contributed by atoms with Crippen molar-refractivity contribution in [3.05, 3.63) is 0 Å². The van der Waals surface area contributed by atoms with E-state index >= 15 is 0 Å². The van der Waals surface area contributed by atoms with Gasteiger partial charge in [-0.2, -0.15) is 0 Å². The summed E-state index contributed by atoms with van der Waals surface area (Å²) < 4.78 is 37.2.